The highest BCUT2D eigenvalue weighted by molar-refractivity contribution is 6.24. The molecule has 0 radical (unpaired) electrons. The van der Waals surface area contributed by atoms with Crippen molar-refractivity contribution in [1.29, 1.82) is 0 Å². The highest BCUT2D eigenvalue weighted by Crippen LogP contribution is 2.27. The summed E-state index contributed by atoms with van der Waals surface area (Å²) in [5.41, 5.74) is 19.0. The second-order valence-corrected chi connectivity index (χ2v) is 8.34. The summed E-state index contributed by atoms with van der Waals surface area (Å²) in [6.45, 7) is 9.78. The predicted octanol–water partition coefficient (Wildman–Crippen LogP) is 1.86. The molecule has 0 atom stereocenters. The summed E-state index contributed by atoms with van der Waals surface area (Å²) in [6, 6.07) is 4.84. The Morgan fingerprint density at radius 3 is 2.44 bits per heavy atom. The van der Waals surface area contributed by atoms with E-state index in [0.717, 1.165) is 12.1 Å². The fourth-order valence-corrected chi connectivity index (χ4v) is 2.75. The van der Waals surface area contributed by atoms with Gasteiger partial charge in [0.1, 0.15) is 11.4 Å². The van der Waals surface area contributed by atoms with Crippen LogP contribution in [-0.2, 0) is 21.4 Å². The number of carbonyl (C=O) groups excluding carboxylic acids is 2. The van der Waals surface area contributed by atoms with E-state index in [9.17, 15) is 9.59 Å². The molecule has 0 spiro atoms. The number of hydrogen-bond donors (Lipinski definition) is 4. The van der Waals surface area contributed by atoms with Crippen LogP contribution in [0.2, 0.25) is 0 Å². The van der Waals surface area contributed by atoms with Crippen LogP contribution in [0.1, 0.15) is 58.0 Å². The Morgan fingerprint density at radius 1 is 1.22 bits per heavy atom. The molecule has 2 heterocycles. The van der Waals surface area contributed by atoms with E-state index < -0.39 is 5.91 Å². The normalized spacial score (nSPS) is 13.1. The van der Waals surface area contributed by atoms with E-state index in [0.29, 0.717) is 11.3 Å². The molecule has 0 aromatic carbocycles. The number of nitrogens with two attached hydrogens (primary N) is 3. The molecule has 10 heteroatoms. The molecule has 0 aliphatic rings. The fourth-order valence-electron chi connectivity index (χ4n) is 2.75. The van der Waals surface area contributed by atoms with Gasteiger partial charge in [0.25, 0.3) is 5.91 Å². The summed E-state index contributed by atoms with van der Waals surface area (Å²) in [5.74, 6) is -0.852. The summed E-state index contributed by atoms with van der Waals surface area (Å²) in [7, 11) is 0. The second-order valence-electron chi connectivity index (χ2n) is 8.34. The van der Waals surface area contributed by atoms with E-state index in [1.165, 1.54) is 6.20 Å². The lowest BCUT2D eigenvalue weighted by molar-refractivity contribution is -0.116. The Balaban J connectivity index is 2.13. The predicted molar refractivity (Wildman–Crippen MR) is 123 cm³/mol. The van der Waals surface area contributed by atoms with Crippen LogP contribution >= 0.6 is 0 Å². The lowest BCUT2D eigenvalue weighted by atomic mass is 9.87. The molecule has 172 valence electrons. The number of rotatable bonds is 9. The highest BCUT2D eigenvalue weighted by atomic mass is 16.5. The van der Waals surface area contributed by atoms with Gasteiger partial charge in [0.05, 0.1) is 17.8 Å². The van der Waals surface area contributed by atoms with E-state index in [4.69, 9.17) is 21.7 Å². The number of aliphatic imine (C=N–C) groups is 1. The molecular weight excluding hydrogens is 410 g/mol. The maximum Gasteiger partial charge on any atom is 0.254 e. The molecular formula is C22H31N7O3. The maximum absolute atomic E-state index is 12.4. The number of carbonyl (C=O) groups is 2. The van der Waals surface area contributed by atoms with E-state index in [1.54, 1.807) is 18.2 Å². The van der Waals surface area contributed by atoms with Gasteiger partial charge in [0.2, 0.25) is 11.8 Å². The van der Waals surface area contributed by atoms with Gasteiger partial charge in [-0.2, -0.15) is 0 Å². The first-order valence-electron chi connectivity index (χ1n) is 10.3. The molecule has 0 saturated heterocycles. The Morgan fingerprint density at radius 2 is 1.91 bits per heavy atom. The molecule has 0 bridgehead atoms. The molecule has 32 heavy (non-hydrogen) atoms. The van der Waals surface area contributed by atoms with Gasteiger partial charge in [-0.25, -0.2) is 0 Å². The number of amidine groups is 1. The summed E-state index contributed by atoms with van der Waals surface area (Å²) >= 11 is 0. The zero-order chi connectivity index (χ0) is 24.1. The fraction of sp³-hybridized carbons (Fsp3) is 0.409. The van der Waals surface area contributed by atoms with Gasteiger partial charge in [-0.1, -0.05) is 25.9 Å². The van der Waals surface area contributed by atoms with Crippen molar-refractivity contribution in [2.45, 2.75) is 58.9 Å². The number of nitrogens with zero attached hydrogens (tertiary/aromatic N) is 3. The van der Waals surface area contributed by atoms with Crippen LogP contribution in [0.15, 0.2) is 39.5 Å². The molecule has 2 amide bonds. The number of nitrogens with one attached hydrogen (secondary N) is 1. The number of hydrogen-bond acceptors (Lipinski definition) is 7. The van der Waals surface area contributed by atoms with Gasteiger partial charge in [0.15, 0.2) is 0 Å². The maximum atomic E-state index is 12.4. The Labute approximate surface area is 187 Å². The Bertz CT molecular complexity index is 1030. The van der Waals surface area contributed by atoms with Crippen LogP contribution in [0.4, 0.5) is 5.88 Å². The molecule has 0 aliphatic heterocycles. The topological polar surface area (TPSA) is 176 Å². The van der Waals surface area contributed by atoms with Crippen molar-refractivity contribution in [3.8, 4) is 0 Å². The minimum atomic E-state index is -0.787. The Kier molecular flexibility index (Phi) is 7.74. The smallest absolute Gasteiger partial charge is 0.254 e. The lowest BCUT2D eigenvalue weighted by Gasteiger charge is -2.18. The minimum absolute atomic E-state index is 0.0106. The van der Waals surface area contributed by atoms with Crippen LogP contribution in [0, 0.1) is 0 Å². The van der Waals surface area contributed by atoms with Gasteiger partial charge in [-0.15, -0.1) is 0 Å². The van der Waals surface area contributed by atoms with E-state index >= 15 is 0 Å². The van der Waals surface area contributed by atoms with Crippen molar-refractivity contribution in [1.82, 2.24) is 10.1 Å². The monoisotopic (exact) mass is 441 g/mol. The van der Waals surface area contributed by atoms with E-state index in [-0.39, 0.29) is 46.8 Å². The minimum Gasteiger partial charge on any atom is -0.397 e. The third kappa shape index (κ3) is 6.16. The van der Waals surface area contributed by atoms with Gasteiger partial charge in [-0.05, 0) is 32.4 Å². The molecule has 10 nitrogen and oxygen atoms in total. The second kappa shape index (κ2) is 10.1. The molecule has 2 aromatic rings. The zero-order valence-corrected chi connectivity index (χ0v) is 19.1. The van der Waals surface area contributed by atoms with Gasteiger partial charge in [0, 0.05) is 35.0 Å². The zero-order valence-electron chi connectivity index (χ0n) is 19.1. The largest absolute Gasteiger partial charge is 0.397 e. The van der Waals surface area contributed by atoms with Crippen molar-refractivity contribution in [2.24, 2.45) is 22.2 Å². The molecule has 0 fully saturated rings. The number of amides is 2. The number of anilines is 1. The van der Waals surface area contributed by atoms with E-state index in [1.807, 2.05) is 27.7 Å². The van der Waals surface area contributed by atoms with Crippen LogP contribution in [0.5, 0.6) is 0 Å². The van der Waals surface area contributed by atoms with Crippen LogP contribution in [-0.4, -0.2) is 33.8 Å². The molecule has 2 aromatic heterocycles. The van der Waals surface area contributed by atoms with Crippen LogP contribution < -0.4 is 22.5 Å². The molecule has 0 unspecified atom stereocenters. The molecule has 0 aliphatic carbocycles. The van der Waals surface area contributed by atoms with Crippen molar-refractivity contribution < 1.29 is 14.1 Å². The standard InChI is InChI=1S/C22H31N7O3/c1-6-22(4,5)15-10-17(32-29-15)28-16(30)9-14-8-7-13(11-26-14)19(23)18(21(25)31)20(24)27-12(2)3/h7-8,10-12H,6,9,23H2,1-5H3,(H2,24,27)(H2,25,31)(H,28,30). The first-order valence-corrected chi connectivity index (χ1v) is 10.3. The van der Waals surface area contributed by atoms with Crippen molar-refractivity contribution >= 4 is 29.2 Å². The average Bonchev–Trinajstić information content (AvgIpc) is 3.16. The lowest BCUT2D eigenvalue weighted by Crippen LogP contribution is -2.30. The summed E-state index contributed by atoms with van der Waals surface area (Å²) in [4.78, 5) is 32.6. The molecule has 7 N–H and O–H groups in total. The summed E-state index contributed by atoms with van der Waals surface area (Å²) in [5, 5.41) is 6.71. The van der Waals surface area contributed by atoms with Crippen molar-refractivity contribution in [2.75, 3.05) is 5.32 Å². The van der Waals surface area contributed by atoms with Crippen molar-refractivity contribution in [3.63, 3.8) is 0 Å². The number of primary amides is 1. The molecule has 2 rings (SSSR count). The third-order valence-electron chi connectivity index (χ3n) is 5.00. The average molecular weight is 442 g/mol. The number of pyridine rings is 1. The van der Waals surface area contributed by atoms with Gasteiger partial charge >= 0.3 is 0 Å². The van der Waals surface area contributed by atoms with Crippen LogP contribution in [0.25, 0.3) is 5.70 Å². The first-order chi connectivity index (χ1) is 14.9. The van der Waals surface area contributed by atoms with Crippen LogP contribution in [0.3, 0.4) is 0 Å². The van der Waals surface area contributed by atoms with Crippen molar-refractivity contribution in [3.05, 3.63) is 46.9 Å². The van der Waals surface area contributed by atoms with Gasteiger partial charge < -0.3 is 21.7 Å². The highest BCUT2D eigenvalue weighted by Gasteiger charge is 2.23. The molecule has 0 saturated carbocycles. The third-order valence-corrected chi connectivity index (χ3v) is 5.00. The van der Waals surface area contributed by atoms with Gasteiger partial charge in [-0.3, -0.25) is 24.9 Å². The SMILES string of the molecule is CCC(C)(C)c1cc(NC(=O)Cc2ccc(C(N)=C(C(N)=O)C(N)=NC(C)C)cn2)on1. The quantitative estimate of drug-likeness (QED) is 0.261. The summed E-state index contributed by atoms with van der Waals surface area (Å²) in [6.07, 6.45) is 2.34. The first kappa shape index (κ1) is 24.6. The summed E-state index contributed by atoms with van der Waals surface area (Å²) < 4.78 is 5.22. The number of aromatic nitrogens is 2. The Hall–Kier alpha value is -3.69. The van der Waals surface area contributed by atoms with E-state index in [2.05, 4.69) is 27.4 Å².